The molecule has 1 fully saturated rings. The maximum Gasteiger partial charge on any atom is 0.223 e. The Morgan fingerprint density at radius 1 is 1.50 bits per heavy atom. The van der Waals surface area contributed by atoms with Crippen molar-refractivity contribution in [2.75, 3.05) is 13.1 Å². The van der Waals surface area contributed by atoms with Crippen molar-refractivity contribution < 1.29 is 4.79 Å². The summed E-state index contributed by atoms with van der Waals surface area (Å²) in [6.07, 6.45) is 2.80. The van der Waals surface area contributed by atoms with Gasteiger partial charge in [-0.05, 0) is 49.4 Å². The zero-order valence-electron chi connectivity index (χ0n) is 13.3. The van der Waals surface area contributed by atoms with Gasteiger partial charge in [0, 0.05) is 23.0 Å². The van der Waals surface area contributed by atoms with E-state index in [1.54, 1.807) is 0 Å². The number of benzene rings is 1. The summed E-state index contributed by atoms with van der Waals surface area (Å²) in [5.74, 6) is 0.796. The van der Waals surface area contributed by atoms with Crippen LogP contribution < -0.4 is 10.6 Å². The standard InChI is InChI=1S/C17H25BrN2O.ClH/c1-3-14(9-13-5-4-6-15(18)10-13)17(21)20-16-11-19-8-7-12(16)2;/h4-6,10,12,14,16,19H,3,7-9,11H2,1-2H3,(H,20,21);1H. The van der Waals surface area contributed by atoms with Crippen LogP contribution in [0.3, 0.4) is 0 Å². The zero-order chi connectivity index (χ0) is 15.2. The third kappa shape index (κ3) is 5.56. The first-order valence-electron chi connectivity index (χ1n) is 7.85. The highest BCUT2D eigenvalue weighted by Crippen LogP contribution is 2.18. The molecule has 1 amide bonds. The first kappa shape index (κ1) is 19.5. The predicted molar refractivity (Wildman–Crippen MR) is 97.5 cm³/mol. The van der Waals surface area contributed by atoms with E-state index in [0.29, 0.717) is 5.92 Å². The lowest BCUT2D eigenvalue weighted by Gasteiger charge is -2.31. The number of amides is 1. The van der Waals surface area contributed by atoms with Gasteiger partial charge in [0.1, 0.15) is 0 Å². The average molecular weight is 390 g/mol. The average Bonchev–Trinajstić information content (AvgIpc) is 2.47. The lowest BCUT2D eigenvalue weighted by Crippen LogP contribution is -2.51. The summed E-state index contributed by atoms with van der Waals surface area (Å²) < 4.78 is 1.07. The third-order valence-electron chi connectivity index (χ3n) is 4.39. The Balaban J connectivity index is 0.00000242. The van der Waals surface area contributed by atoms with Gasteiger partial charge in [0.15, 0.2) is 0 Å². The Morgan fingerprint density at radius 3 is 2.91 bits per heavy atom. The maximum atomic E-state index is 12.5. The van der Waals surface area contributed by atoms with Crippen molar-refractivity contribution in [3.05, 3.63) is 34.3 Å². The van der Waals surface area contributed by atoms with E-state index < -0.39 is 0 Å². The van der Waals surface area contributed by atoms with Crippen LogP contribution in [-0.4, -0.2) is 25.0 Å². The van der Waals surface area contributed by atoms with Crippen LogP contribution in [0, 0.1) is 11.8 Å². The molecule has 0 bridgehead atoms. The molecule has 0 radical (unpaired) electrons. The van der Waals surface area contributed by atoms with Gasteiger partial charge in [0.2, 0.25) is 5.91 Å². The highest BCUT2D eigenvalue weighted by Gasteiger charge is 2.25. The Kier molecular flexibility index (Phi) is 8.44. The molecule has 1 saturated heterocycles. The first-order chi connectivity index (χ1) is 10.1. The minimum Gasteiger partial charge on any atom is -0.352 e. The highest BCUT2D eigenvalue weighted by molar-refractivity contribution is 9.10. The number of rotatable bonds is 5. The third-order valence-corrected chi connectivity index (χ3v) is 4.88. The van der Waals surface area contributed by atoms with E-state index in [0.717, 1.165) is 36.8 Å². The number of carbonyl (C=O) groups is 1. The Morgan fingerprint density at radius 2 is 2.27 bits per heavy atom. The van der Waals surface area contributed by atoms with Crippen molar-refractivity contribution in [2.45, 2.75) is 39.2 Å². The lowest BCUT2D eigenvalue weighted by molar-refractivity contribution is -0.126. The van der Waals surface area contributed by atoms with Crippen molar-refractivity contribution in [3.8, 4) is 0 Å². The van der Waals surface area contributed by atoms with Gasteiger partial charge in [0.05, 0.1) is 0 Å². The molecule has 1 heterocycles. The maximum absolute atomic E-state index is 12.5. The van der Waals surface area contributed by atoms with Crippen LogP contribution >= 0.6 is 28.3 Å². The van der Waals surface area contributed by atoms with E-state index in [1.165, 1.54) is 5.56 Å². The van der Waals surface area contributed by atoms with Gasteiger partial charge >= 0.3 is 0 Å². The molecule has 3 nitrogen and oxygen atoms in total. The number of hydrogen-bond acceptors (Lipinski definition) is 2. The highest BCUT2D eigenvalue weighted by atomic mass is 79.9. The Bertz CT molecular complexity index is 483. The van der Waals surface area contributed by atoms with E-state index in [2.05, 4.69) is 52.5 Å². The van der Waals surface area contributed by atoms with Crippen LogP contribution in [0.1, 0.15) is 32.3 Å². The van der Waals surface area contributed by atoms with Crippen LogP contribution in [-0.2, 0) is 11.2 Å². The van der Waals surface area contributed by atoms with Crippen LogP contribution in [0.25, 0.3) is 0 Å². The molecule has 1 aliphatic heterocycles. The number of nitrogens with one attached hydrogen (secondary N) is 2. The van der Waals surface area contributed by atoms with E-state index in [-0.39, 0.29) is 30.3 Å². The summed E-state index contributed by atoms with van der Waals surface area (Å²) >= 11 is 3.49. The molecule has 0 aromatic heterocycles. The van der Waals surface area contributed by atoms with Crippen LogP contribution in [0.2, 0.25) is 0 Å². The fourth-order valence-electron chi connectivity index (χ4n) is 2.85. The second kappa shape index (κ2) is 9.53. The van der Waals surface area contributed by atoms with Gasteiger partial charge in [-0.3, -0.25) is 4.79 Å². The zero-order valence-corrected chi connectivity index (χ0v) is 15.7. The van der Waals surface area contributed by atoms with Crippen molar-refractivity contribution in [3.63, 3.8) is 0 Å². The van der Waals surface area contributed by atoms with Gasteiger partial charge in [-0.1, -0.05) is 41.9 Å². The molecule has 0 aliphatic carbocycles. The number of piperidine rings is 1. The monoisotopic (exact) mass is 388 g/mol. The number of hydrogen-bond donors (Lipinski definition) is 2. The SMILES string of the molecule is CCC(Cc1cccc(Br)c1)C(=O)NC1CNCCC1C.Cl. The smallest absolute Gasteiger partial charge is 0.223 e. The van der Waals surface area contributed by atoms with Gasteiger partial charge in [-0.25, -0.2) is 0 Å². The van der Waals surface area contributed by atoms with Crippen LogP contribution in [0.15, 0.2) is 28.7 Å². The summed E-state index contributed by atoms with van der Waals surface area (Å²) in [5, 5.41) is 6.61. The molecule has 22 heavy (non-hydrogen) atoms. The fourth-order valence-corrected chi connectivity index (χ4v) is 3.30. The Labute approximate surface area is 148 Å². The van der Waals surface area contributed by atoms with E-state index in [4.69, 9.17) is 0 Å². The molecule has 3 unspecified atom stereocenters. The van der Waals surface area contributed by atoms with E-state index in [9.17, 15) is 4.79 Å². The minimum absolute atomic E-state index is 0. The van der Waals surface area contributed by atoms with Crippen molar-refractivity contribution >= 4 is 34.2 Å². The summed E-state index contributed by atoms with van der Waals surface area (Å²) in [6.45, 7) is 6.26. The van der Waals surface area contributed by atoms with Crippen molar-refractivity contribution in [2.24, 2.45) is 11.8 Å². The molecule has 5 heteroatoms. The predicted octanol–water partition coefficient (Wildman–Crippen LogP) is 3.55. The first-order valence-corrected chi connectivity index (χ1v) is 8.65. The molecule has 0 spiro atoms. The van der Waals surface area contributed by atoms with E-state index >= 15 is 0 Å². The summed E-state index contributed by atoms with van der Waals surface area (Å²) in [7, 11) is 0. The molecule has 3 atom stereocenters. The van der Waals surface area contributed by atoms with Gasteiger partial charge < -0.3 is 10.6 Å². The van der Waals surface area contributed by atoms with Gasteiger partial charge in [0.25, 0.3) is 0 Å². The molecule has 0 saturated carbocycles. The second-order valence-corrected chi connectivity index (χ2v) is 6.94. The van der Waals surface area contributed by atoms with Gasteiger partial charge in [-0.2, -0.15) is 0 Å². The van der Waals surface area contributed by atoms with Crippen molar-refractivity contribution in [1.82, 2.24) is 10.6 Å². The second-order valence-electron chi connectivity index (χ2n) is 6.02. The molecular weight excluding hydrogens is 364 g/mol. The van der Waals surface area contributed by atoms with E-state index in [1.807, 2.05) is 12.1 Å². The fraction of sp³-hybridized carbons (Fsp3) is 0.588. The quantitative estimate of drug-likeness (QED) is 0.808. The van der Waals surface area contributed by atoms with Crippen LogP contribution in [0.5, 0.6) is 0 Å². The summed E-state index contributed by atoms with van der Waals surface area (Å²) in [4.78, 5) is 12.5. The molecule has 1 aromatic rings. The summed E-state index contributed by atoms with van der Waals surface area (Å²) in [6, 6.07) is 8.49. The largest absolute Gasteiger partial charge is 0.352 e. The molecule has 2 rings (SSSR count). The number of halogens is 2. The normalized spacial score (nSPS) is 22.5. The van der Waals surface area contributed by atoms with Crippen molar-refractivity contribution in [1.29, 1.82) is 0 Å². The molecule has 124 valence electrons. The molecule has 1 aromatic carbocycles. The topological polar surface area (TPSA) is 41.1 Å². The van der Waals surface area contributed by atoms with Gasteiger partial charge in [-0.15, -0.1) is 12.4 Å². The minimum atomic E-state index is 0. The molecule has 2 N–H and O–H groups in total. The number of carbonyl (C=O) groups excluding carboxylic acids is 1. The molecule has 1 aliphatic rings. The molecular formula is C17H26BrClN2O. The summed E-state index contributed by atoms with van der Waals surface area (Å²) in [5.41, 5.74) is 1.21. The van der Waals surface area contributed by atoms with Crippen LogP contribution in [0.4, 0.5) is 0 Å². The Hall–Kier alpha value is -0.580. The lowest BCUT2D eigenvalue weighted by atomic mass is 9.92.